The zero-order valence-electron chi connectivity index (χ0n) is 8.92. The normalized spacial score (nSPS) is 23.1. The van der Waals surface area contributed by atoms with Gasteiger partial charge in [0, 0.05) is 16.1 Å². The monoisotopic (exact) mass is 259 g/mol. The topological polar surface area (TPSA) is 32.3 Å². The van der Waals surface area contributed by atoms with E-state index in [1.165, 1.54) is 6.42 Å². The first-order valence-corrected chi connectivity index (χ1v) is 6.30. The standard InChI is InChI=1S/C12H15Cl2NO/c13-9-5-8(6-10(14)7-9)12(16)11-3-1-2-4-15-11/h5-7,11-12,15-16H,1-4H2. The Bertz CT molecular complexity index is 344. The lowest BCUT2D eigenvalue weighted by molar-refractivity contribution is 0.114. The molecule has 0 spiro atoms. The molecule has 1 heterocycles. The highest BCUT2D eigenvalue weighted by Crippen LogP contribution is 2.27. The van der Waals surface area contributed by atoms with Gasteiger partial charge < -0.3 is 10.4 Å². The molecule has 4 heteroatoms. The predicted octanol–water partition coefficient (Wildman–Crippen LogP) is 3.17. The van der Waals surface area contributed by atoms with E-state index >= 15 is 0 Å². The average molecular weight is 260 g/mol. The minimum absolute atomic E-state index is 0.114. The molecule has 1 fully saturated rings. The van der Waals surface area contributed by atoms with Gasteiger partial charge in [0.25, 0.3) is 0 Å². The number of halogens is 2. The maximum atomic E-state index is 10.2. The smallest absolute Gasteiger partial charge is 0.0943 e. The van der Waals surface area contributed by atoms with Crippen LogP contribution < -0.4 is 5.32 Å². The molecule has 0 bridgehead atoms. The van der Waals surface area contributed by atoms with Crippen molar-refractivity contribution >= 4 is 23.2 Å². The van der Waals surface area contributed by atoms with Gasteiger partial charge in [0.1, 0.15) is 0 Å². The molecule has 0 amide bonds. The van der Waals surface area contributed by atoms with Gasteiger partial charge in [-0.2, -0.15) is 0 Å². The zero-order chi connectivity index (χ0) is 11.5. The van der Waals surface area contributed by atoms with Gasteiger partial charge >= 0.3 is 0 Å². The molecule has 16 heavy (non-hydrogen) atoms. The molecule has 1 aliphatic rings. The summed E-state index contributed by atoms with van der Waals surface area (Å²) in [5, 5.41) is 14.7. The summed E-state index contributed by atoms with van der Waals surface area (Å²) in [7, 11) is 0. The number of benzene rings is 1. The summed E-state index contributed by atoms with van der Waals surface area (Å²) < 4.78 is 0. The molecule has 2 rings (SSSR count). The molecule has 2 nitrogen and oxygen atoms in total. The van der Waals surface area contributed by atoms with Gasteiger partial charge in [-0.15, -0.1) is 0 Å². The number of aliphatic hydroxyl groups is 1. The summed E-state index contributed by atoms with van der Waals surface area (Å²) in [5.74, 6) is 0. The second-order valence-corrected chi connectivity index (χ2v) is 5.08. The predicted molar refractivity (Wildman–Crippen MR) is 67.1 cm³/mol. The SMILES string of the molecule is OC(c1cc(Cl)cc(Cl)c1)C1CCCCN1. The van der Waals surface area contributed by atoms with Gasteiger partial charge in [0.2, 0.25) is 0 Å². The Hall–Kier alpha value is -0.280. The fourth-order valence-corrected chi connectivity index (χ4v) is 2.67. The minimum Gasteiger partial charge on any atom is -0.387 e. The van der Waals surface area contributed by atoms with Crippen molar-refractivity contribution in [2.75, 3.05) is 6.54 Å². The van der Waals surface area contributed by atoms with Crippen LogP contribution in [0.1, 0.15) is 30.9 Å². The van der Waals surface area contributed by atoms with E-state index in [0.29, 0.717) is 10.0 Å². The van der Waals surface area contributed by atoms with Crippen LogP contribution in [0.4, 0.5) is 0 Å². The molecule has 0 aliphatic carbocycles. The molecule has 0 radical (unpaired) electrons. The van der Waals surface area contributed by atoms with Crippen molar-refractivity contribution < 1.29 is 5.11 Å². The highest BCUT2D eigenvalue weighted by atomic mass is 35.5. The Kier molecular flexibility index (Phi) is 4.09. The summed E-state index contributed by atoms with van der Waals surface area (Å²) in [5.41, 5.74) is 0.789. The second kappa shape index (κ2) is 5.37. The highest BCUT2D eigenvalue weighted by molar-refractivity contribution is 6.34. The van der Waals surface area contributed by atoms with E-state index in [1.807, 2.05) is 0 Å². The number of rotatable bonds is 2. The van der Waals surface area contributed by atoms with E-state index < -0.39 is 6.10 Å². The van der Waals surface area contributed by atoms with Crippen molar-refractivity contribution in [1.82, 2.24) is 5.32 Å². The lowest BCUT2D eigenvalue weighted by Crippen LogP contribution is -2.38. The maximum Gasteiger partial charge on any atom is 0.0943 e. The summed E-state index contributed by atoms with van der Waals surface area (Å²) in [6.07, 6.45) is 2.80. The van der Waals surface area contributed by atoms with Crippen LogP contribution in [0.5, 0.6) is 0 Å². The van der Waals surface area contributed by atoms with E-state index in [2.05, 4.69) is 5.32 Å². The van der Waals surface area contributed by atoms with Crippen molar-refractivity contribution in [3.05, 3.63) is 33.8 Å². The van der Waals surface area contributed by atoms with Crippen LogP contribution in [0, 0.1) is 0 Å². The lowest BCUT2D eigenvalue weighted by Gasteiger charge is -2.28. The van der Waals surface area contributed by atoms with Gasteiger partial charge in [-0.05, 0) is 43.1 Å². The lowest BCUT2D eigenvalue weighted by atomic mass is 9.95. The minimum atomic E-state index is -0.531. The first-order valence-electron chi connectivity index (χ1n) is 5.54. The molecular formula is C12H15Cl2NO. The van der Waals surface area contributed by atoms with Gasteiger partial charge in [0.15, 0.2) is 0 Å². The Morgan fingerprint density at radius 3 is 2.44 bits per heavy atom. The molecule has 1 aromatic rings. The van der Waals surface area contributed by atoms with Gasteiger partial charge in [0.05, 0.1) is 6.10 Å². The van der Waals surface area contributed by atoms with Gasteiger partial charge in [-0.3, -0.25) is 0 Å². The van der Waals surface area contributed by atoms with Crippen molar-refractivity contribution in [1.29, 1.82) is 0 Å². The van der Waals surface area contributed by atoms with Gasteiger partial charge in [-0.25, -0.2) is 0 Å². The van der Waals surface area contributed by atoms with E-state index in [4.69, 9.17) is 23.2 Å². The summed E-state index contributed by atoms with van der Waals surface area (Å²) in [6.45, 7) is 0.968. The fourth-order valence-electron chi connectivity index (χ4n) is 2.13. The molecule has 1 saturated heterocycles. The second-order valence-electron chi connectivity index (χ2n) is 4.20. The zero-order valence-corrected chi connectivity index (χ0v) is 10.4. The quantitative estimate of drug-likeness (QED) is 0.856. The van der Waals surface area contributed by atoms with Crippen molar-refractivity contribution in [2.24, 2.45) is 0 Å². The molecule has 0 aromatic heterocycles. The molecular weight excluding hydrogens is 245 g/mol. The average Bonchev–Trinajstić information content (AvgIpc) is 2.28. The number of hydrogen-bond acceptors (Lipinski definition) is 2. The maximum absolute atomic E-state index is 10.2. The van der Waals surface area contributed by atoms with E-state index in [0.717, 1.165) is 24.9 Å². The highest BCUT2D eigenvalue weighted by Gasteiger charge is 2.22. The first-order chi connectivity index (χ1) is 7.66. The third-order valence-corrected chi connectivity index (χ3v) is 3.39. The summed E-state index contributed by atoms with van der Waals surface area (Å²) in [4.78, 5) is 0. The third-order valence-electron chi connectivity index (χ3n) is 2.96. The molecule has 2 atom stereocenters. The van der Waals surface area contributed by atoms with E-state index in [1.54, 1.807) is 18.2 Å². The van der Waals surface area contributed by atoms with Crippen LogP contribution in [-0.2, 0) is 0 Å². The number of nitrogens with one attached hydrogen (secondary N) is 1. The van der Waals surface area contributed by atoms with Crippen LogP contribution in [0.15, 0.2) is 18.2 Å². The molecule has 2 unspecified atom stereocenters. The molecule has 88 valence electrons. The van der Waals surface area contributed by atoms with Crippen LogP contribution in [0.2, 0.25) is 10.0 Å². The molecule has 2 N–H and O–H groups in total. The molecule has 1 aromatic carbocycles. The molecule has 0 saturated carbocycles. The van der Waals surface area contributed by atoms with Crippen LogP contribution in [0.25, 0.3) is 0 Å². The van der Waals surface area contributed by atoms with Crippen molar-refractivity contribution in [2.45, 2.75) is 31.4 Å². The largest absolute Gasteiger partial charge is 0.387 e. The number of hydrogen-bond donors (Lipinski definition) is 2. The van der Waals surface area contributed by atoms with Gasteiger partial charge in [-0.1, -0.05) is 29.6 Å². The Labute approximate surface area is 106 Å². The van der Waals surface area contributed by atoms with Crippen molar-refractivity contribution in [3.8, 4) is 0 Å². The number of piperidine rings is 1. The Morgan fingerprint density at radius 1 is 1.19 bits per heavy atom. The summed E-state index contributed by atoms with van der Waals surface area (Å²) >= 11 is 11.8. The molecule has 1 aliphatic heterocycles. The van der Waals surface area contributed by atoms with Crippen LogP contribution in [-0.4, -0.2) is 17.7 Å². The third kappa shape index (κ3) is 2.89. The number of aliphatic hydroxyl groups excluding tert-OH is 1. The van der Waals surface area contributed by atoms with Crippen molar-refractivity contribution in [3.63, 3.8) is 0 Å². The van der Waals surface area contributed by atoms with Crippen LogP contribution >= 0.6 is 23.2 Å². The first kappa shape index (κ1) is 12.2. The fraction of sp³-hybridized carbons (Fsp3) is 0.500. The summed E-state index contributed by atoms with van der Waals surface area (Å²) in [6, 6.07) is 5.33. The Balaban J connectivity index is 2.15. The van der Waals surface area contributed by atoms with E-state index in [-0.39, 0.29) is 6.04 Å². The van der Waals surface area contributed by atoms with Crippen LogP contribution in [0.3, 0.4) is 0 Å². The Morgan fingerprint density at radius 2 is 1.88 bits per heavy atom. The van der Waals surface area contributed by atoms with E-state index in [9.17, 15) is 5.11 Å².